The van der Waals surface area contributed by atoms with Gasteiger partial charge >= 0.3 is 11.9 Å². The Hall–Kier alpha value is -1.48. The molecule has 8 heteroatoms. The molecule has 3 saturated heterocycles. The Balaban J connectivity index is 1.55. The Labute approximate surface area is 174 Å². The monoisotopic (exact) mass is 420 g/mol. The van der Waals surface area contributed by atoms with Gasteiger partial charge in [-0.1, -0.05) is 13.8 Å². The fraction of sp³-hybridized carbons (Fsp3) is 0.818. The molecule has 0 amide bonds. The maximum atomic E-state index is 12.5. The molecule has 8 nitrogen and oxygen atoms in total. The van der Waals surface area contributed by atoms with Crippen LogP contribution < -0.4 is 0 Å². The van der Waals surface area contributed by atoms with E-state index in [1.54, 1.807) is 0 Å². The van der Waals surface area contributed by atoms with Crippen LogP contribution in [0.25, 0.3) is 0 Å². The highest BCUT2D eigenvalue weighted by Gasteiger charge is 2.89. The Morgan fingerprint density at radius 2 is 2.10 bits per heavy atom. The van der Waals surface area contributed by atoms with Crippen molar-refractivity contribution in [3.63, 3.8) is 0 Å². The van der Waals surface area contributed by atoms with Gasteiger partial charge in [-0.2, -0.15) is 0 Å². The number of hydrogen-bond acceptors (Lipinski definition) is 8. The third-order valence-electron chi connectivity index (χ3n) is 9.38. The lowest BCUT2D eigenvalue weighted by Gasteiger charge is -2.66. The molecule has 9 atom stereocenters. The summed E-state index contributed by atoms with van der Waals surface area (Å²) in [6.45, 7) is 8.13. The zero-order valence-electron chi connectivity index (χ0n) is 17.7. The van der Waals surface area contributed by atoms with Gasteiger partial charge in [-0.3, -0.25) is 4.79 Å². The van der Waals surface area contributed by atoms with Gasteiger partial charge in [0.2, 0.25) is 12.1 Å². The molecule has 2 aliphatic carbocycles. The summed E-state index contributed by atoms with van der Waals surface area (Å²) in [5.74, 6) is -2.06. The predicted molar refractivity (Wildman–Crippen MR) is 99.7 cm³/mol. The van der Waals surface area contributed by atoms with E-state index in [9.17, 15) is 14.7 Å². The Kier molecular flexibility index (Phi) is 3.39. The van der Waals surface area contributed by atoms with Crippen LogP contribution in [-0.2, 0) is 33.3 Å². The average Bonchev–Trinajstić information content (AvgIpc) is 3.13. The fourth-order valence-corrected chi connectivity index (χ4v) is 7.82. The summed E-state index contributed by atoms with van der Waals surface area (Å²) in [4.78, 5) is 24.6. The summed E-state index contributed by atoms with van der Waals surface area (Å²) in [5.41, 5.74) is -1.99. The van der Waals surface area contributed by atoms with Crippen molar-refractivity contribution in [2.75, 3.05) is 6.61 Å². The third-order valence-corrected chi connectivity index (χ3v) is 9.38. The van der Waals surface area contributed by atoms with Crippen LogP contribution in [0.1, 0.15) is 53.4 Å². The van der Waals surface area contributed by atoms with E-state index in [4.69, 9.17) is 23.7 Å². The van der Waals surface area contributed by atoms with Gasteiger partial charge in [0, 0.05) is 18.8 Å². The second-order valence-corrected chi connectivity index (χ2v) is 10.4. The van der Waals surface area contributed by atoms with Crippen molar-refractivity contribution in [3.8, 4) is 0 Å². The summed E-state index contributed by atoms with van der Waals surface area (Å²) >= 11 is 0. The van der Waals surface area contributed by atoms with E-state index in [1.165, 1.54) is 13.0 Å². The van der Waals surface area contributed by atoms with E-state index in [0.717, 1.165) is 12.8 Å². The number of esters is 2. The Morgan fingerprint density at radius 3 is 2.77 bits per heavy atom. The van der Waals surface area contributed by atoms with Crippen molar-refractivity contribution < 1.29 is 38.4 Å². The summed E-state index contributed by atoms with van der Waals surface area (Å²) < 4.78 is 30.5. The normalized spacial score (nSPS) is 57.8. The molecule has 0 aromatic carbocycles. The number of hydrogen-bond donors (Lipinski definition) is 1. The van der Waals surface area contributed by atoms with Crippen molar-refractivity contribution in [2.45, 2.75) is 88.9 Å². The lowest BCUT2D eigenvalue weighted by Crippen LogP contribution is -2.77. The van der Waals surface area contributed by atoms with Crippen molar-refractivity contribution in [1.29, 1.82) is 0 Å². The van der Waals surface area contributed by atoms with Crippen LogP contribution in [0.5, 0.6) is 0 Å². The van der Waals surface area contributed by atoms with Crippen LogP contribution in [0.15, 0.2) is 11.6 Å². The third kappa shape index (κ3) is 1.82. The molecular formula is C22H28O8. The Bertz CT molecular complexity index is 900. The van der Waals surface area contributed by atoms with Crippen LogP contribution in [-0.4, -0.2) is 59.1 Å². The van der Waals surface area contributed by atoms with Gasteiger partial charge < -0.3 is 28.8 Å². The molecule has 4 heterocycles. The Morgan fingerprint density at radius 1 is 1.33 bits per heavy atom. The lowest BCUT2D eigenvalue weighted by molar-refractivity contribution is -0.375. The zero-order chi connectivity index (χ0) is 21.3. The number of carbonyl (C=O) groups excluding carboxylic acids is 2. The van der Waals surface area contributed by atoms with Gasteiger partial charge in [0.25, 0.3) is 0 Å². The highest BCUT2D eigenvalue weighted by Crippen LogP contribution is 2.79. The first-order valence-electron chi connectivity index (χ1n) is 10.8. The molecule has 2 bridgehead atoms. The quantitative estimate of drug-likeness (QED) is 0.531. The van der Waals surface area contributed by atoms with E-state index < -0.39 is 40.8 Å². The minimum absolute atomic E-state index is 0.0802. The van der Waals surface area contributed by atoms with Crippen molar-refractivity contribution >= 4 is 11.9 Å². The molecule has 0 radical (unpaired) electrons. The molecule has 6 aliphatic rings. The lowest BCUT2D eigenvalue weighted by atomic mass is 9.41. The van der Waals surface area contributed by atoms with Gasteiger partial charge in [-0.25, -0.2) is 4.79 Å². The van der Waals surface area contributed by atoms with Gasteiger partial charge in [0.15, 0.2) is 0 Å². The number of fused-ring (bicyclic) bond motifs is 2. The number of aliphatic hydroxyl groups excluding tert-OH is 1. The predicted octanol–water partition coefficient (Wildman–Crippen LogP) is 1.59. The standard InChI is InChI=1S/C22H28O8/c1-11-7-15(27-12(2)23)20-10-26-21(13-8-16(24)28-17(13)25)9-18(11,3)22(20,30-21)6-5-14-19(20,4)29-14/h8,11,14-16,24H,5-7,9-10H2,1-4H3/t11-,14-,15+,16?,18+,19-,20-,21+,22?/m0/s1. The van der Waals surface area contributed by atoms with Crippen LogP contribution in [0.3, 0.4) is 0 Å². The highest BCUT2D eigenvalue weighted by molar-refractivity contribution is 5.92. The van der Waals surface area contributed by atoms with Gasteiger partial charge in [-0.05, 0) is 38.2 Å². The number of carbonyl (C=O) groups is 2. The van der Waals surface area contributed by atoms with Crippen molar-refractivity contribution in [2.24, 2.45) is 16.7 Å². The molecule has 0 aromatic rings. The van der Waals surface area contributed by atoms with E-state index >= 15 is 0 Å². The maximum Gasteiger partial charge on any atom is 0.341 e. The second kappa shape index (κ2) is 5.28. The highest BCUT2D eigenvalue weighted by atomic mass is 16.7. The first-order valence-corrected chi connectivity index (χ1v) is 10.8. The van der Waals surface area contributed by atoms with Crippen LogP contribution >= 0.6 is 0 Å². The van der Waals surface area contributed by atoms with Crippen LogP contribution in [0.2, 0.25) is 0 Å². The molecular weight excluding hydrogens is 392 g/mol. The maximum absolute atomic E-state index is 12.5. The number of ether oxygens (including phenoxy) is 5. The van der Waals surface area contributed by atoms with Gasteiger partial charge in [0.05, 0.1) is 29.3 Å². The molecule has 0 aromatic heterocycles. The number of epoxide rings is 1. The second-order valence-electron chi connectivity index (χ2n) is 10.4. The number of cyclic esters (lactones) is 1. The van der Waals surface area contributed by atoms with Crippen molar-refractivity contribution in [1.82, 2.24) is 0 Å². The number of rotatable bonds is 2. The molecule has 1 N–H and O–H groups in total. The molecule has 2 unspecified atom stereocenters. The molecule has 1 spiro atoms. The van der Waals surface area contributed by atoms with Gasteiger partial charge in [-0.15, -0.1) is 0 Å². The molecule has 6 rings (SSSR count). The SMILES string of the molecule is CC(=O)O[C@@H]1C[C@H](C)[C@@]2(C)C[C@@]3(C4=CC(O)OC4=O)OC[C@]14C2(CC[C@@H]1O[C@@]14C)O3. The summed E-state index contributed by atoms with van der Waals surface area (Å²) in [6.07, 6.45) is 2.51. The topological polar surface area (TPSA) is 104 Å². The number of aliphatic hydroxyl groups is 1. The van der Waals surface area contributed by atoms with E-state index in [-0.39, 0.29) is 35.6 Å². The van der Waals surface area contributed by atoms with Crippen molar-refractivity contribution in [3.05, 3.63) is 11.6 Å². The minimum Gasteiger partial charge on any atom is -0.462 e. The fourth-order valence-electron chi connectivity index (χ4n) is 7.82. The van der Waals surface area contributed by atoms with Gasteiger partial charge in [0.1, 0.15) is 11.7 Å². The first kappa shape index (κ1) is 19.2. The summed E-state index contributed by atoms with van der Waals surface area (Å²) in [7, 11) is 0. The summed E-state index contributed by atoms with van der Waals surface area (Å²) in [6, 6.07) is 0. The minimum atomic E-state index is -1.29. The molecule has 30 heavy (non-hydrogen) atoms. The van der Waals surface area contributed by atoms with E-state index in [1.807, 2.05) is 0 Å². The first-order chi connectivity index (χ1) is 14.0. The smallest absolute Gasteiger partial charge is 0.341 e. The molecule has 4 aliphatic heterocycles. The summed E-state index contributed by atoms with van der Waals surface area (Å²) in [5, 5.41) is 9.88. The molecule has 164 valence electrons. The molecule has 2 saturated carbocycles. The van der Waals surface area contributed by atoms with E-state index in [2.05, 4.69) is 20.8 Å². The van der Waals surface area contributed by atoms with Crippen LogP contribution in [0.4, 0.5) is 0 Å². The van der Waals surface area contributed by atoms with E-state index in [0.29, 0.717) is 12.8 Å². The van der Waals surface area contributed by atoms with Crippen LogP contribution in [0, 0.1) is 16.7 Å². The largest absolute Gasteiger partial charge is 0.462 e. The zero-order valence-corrected chi connectivity index (χ0v) is 17.7. The average molecular weight is 420 g/mol. The molecule has 5 fully saturated rings.